The Kier molecular flexibility index (Phi) is 11.5. The molecule has 2 heterocycles. The molecule has 228 valence electrons. The number of rotatable bonds is 11. The summed E-state index contributed by atoms with van der Waals surface area (Å²) in [6.45, 7) is 19.0. The highest BCUT2D eigenvalue weighted by molar-refractivity contribution is 5.92. The molecule has 0 bridgehead atoms. The molecule has 1 amide bonds. The van der Waals surface area contributed by atoms with Crippen LogP contribution in [0.5, 0.6) is 0 Å². The van der Waals surface area contributed by atoms with E-state index in [-0.39, 0.29) is 17.7 Å². The first-order valence-corrected chi connectivity index (χ1v) is 16.7. The SMILES string of the molecule is C=C(C)C(=C)N1CCC(C(=O)CC2CCCC(CC3CCCC(CC(=O)C4CCN(C(=O)C(=C)C)CC4)C3)C2)CC1. The van der Waals surface area contributed by atoms with Gasteiger partial charge in [0, 0.05) is 62.1 Å². The van der Waals surface area contributed by atoms with Crippen LogP contribution in [-0.2, 0) is 14.4 Å². The summed E-state index contributed by atoms with van der Waals surface area (Å²) >= 11 is 0. The van der Waals surface area contributed by atoms with Gasteiger partial charge in [-0.2, -0.15) is 0 Å². The summed E-state index contributed by atoms with van der Waals surface area (Å²) in [5, 5.41) is 0. The topological polar surface area (TPSA) is 57.7 Å². The molecule has 5 heteroatoms. The fraction of sp³-hybridized carbons (Fsp3) is 0.750. The van der Waals surface area contributed by atoms with Crippen molar-refractivity contribution in [2.24, 2.45) is 35.5 Å². The van der Waals surface area contributed by atoms with Crippen molar-refractivity contribution in [3.63, 3.8) is 0 Å². The fourth-order valence-corrected chi connectivity index (χ4v) is 8.39. The van der Waals surface area contributed by atoms with E-state index in [2.05, 4.69) is 24.6 Å². The Morgan fingerprint density at radius 1 is 0.585 bits per heavy atom. The molecule has 41 heavy (non-hydrogen) atoms. The van der Waals surface area contributed by atoms with Crippen molar-refractivity contribution in [2.75, 3.05) is 26.2 Å². The third-order valence-electron chi connectivity index (χ3n) is 10.9. The summed E-state index contributed by atoms with van der Waals surface area (Å²) in [4.78, 5) is 42.7. The Labute approximate surface area is 249 Å². The van der Waals surface area contributed by atoms with E-state index < -0.39 is 0 Å². The monoisotopic (exact) mass is 564 g/mol. The van der Waals surface area contributed by atoms with E-state index in [1.807, 2.05) is 11.8 Å². The first-order valence-electron chi connectivity index (χ1n) is 16.7. The average molecular weight is 565 g/mol. The molecule has 2 saturated carbocycles. The third-order valence-corrected chi connectivity index (χ3v) is 10.9. The van der Waals surface area contributed by atoms with Gasteiger partial charge in [-0.1, -0.05) is 58.3 Å². The largest absolute Gasteiger partial charge is 0.372 e. The molecular weight excluding hydrogens is 508 g/mol. The maximum absolute atomic E-state index is 13.2. The molecular formula is C36H56N2O3. The lowest BCUT2D eigenvalue weighted by molar-refractivity contribution is -0.132. The van der Waals surface area contributed by atoms with Gasteiger partial charge >= 0.3 is 0 Å². The second-order valence-electron chi connectivity index (χ2n) is 14.2. The van der Waals surface area contributed by atoms with E-state index in [1.165, 1.54) is 57.8 Å². The molecule has 0 spiro atoms. The minimum Gasteiger partial charge on any atom is -0.372 e. The number of hydrogen-bond donors (Lipinski definition) is 0. The molecule has 0 aromatic rings. The molecule has 5 nitrogen and oxygen atoms in total. The second kappa shape index (κ2) is 14.8. The van der Waals surface area contributed by atoms with Gasteiger partial charge in [0.25, 0.3) is 0 Å². The number of carbonyl (C=O) groups is 3. The number of likely N-dealkylation sites (tertiary alicyclic amines) is 2. The first-order chi connectivity index (χ1) is 19.6. The average Bonchev–Trinajstić information content (AvgIpc) is 2.96. The molecule has 4 atom stereocenters. The van der Waals surface area contributed by atoms with Crippen LogP contribution in [0, 0.1) is 35.5 Å². The zero-order valence-electron chi connectivity index (χ0n) is 26.1. The second-order valence-corrected chi connectivity index (χ2v) is 14.2. The molecule has 2 aliphatic carbocycles. The number of allylic oxidation sites excluding steroid dienone is 1. The van der Waals surface area contributed by atoms with Crippen molar-refractivity contribution in [1.29, 1.82) is 0 Å². The molecule has 0 radical (unpaired) electrons. The standard InChI is InChI=1S/C36H56N2O3/c1-25(2)27(5)37-16-12-32(13-17-37)34(39)23-30-10-6-8-28(21-30)20-29-9-7-11-31(22-29)24-35(40)33-14-18-38(19-15-33)36(41)26(3)4/h28-33H,1,3,5-24H2,2,4H3. The maximum Gasteiger partial charge on any atom is 0.248 e. The van der Waals surface area contributed by atoms with Crippen LogP contribution in [0.4, 0.5) is 0 Å². The lowest BCUT2D eigenvalue weighted by atomic mass is 9.70. The van der Waals surface area contributed by atoms with Crippen LogP contribution in [0.15, 0.2) is 36.6 Å². The summed E-state index contributed by atoms with van der Waals surface area (Å²) in [5.41, 5.74) is 2.63. The van der Waals surface area contributed by atoms with E-state index >= 15 is 0 Å². The predicted molar refractivity (Wildman–Crippen MR) is 167 cm³/mol. The van der Waals surface area contributed by atoms with Crippen LogP contribution in [0.3, 0.4) is 0 Å². The van der Waals surface area contributed by atoms with Crippen molar-refractivity contribution in [3.8, 4) is 0 Å². The molecule has 4 unspecified atom stereocenters. The minimum absolute atomic E-state index is 0.0339. The van der Waals surface area contributed by atoms with Gasteiger partial charge in [0.1, 0.15) is 11.6 Å². The number of Topliss-reactive ketones (excluding diaryl/α,β-unsaturated/α-hetero) is 2. The van der Waals surface area contributed by atoms with E-state index in [4.69, 9.17) is 0 Å². The van der Waals surface area contributed by atoms with Crippen LogP contribution >= 0.6 is 0 Å². The number of amides is 1. The van der Waals surface area contributed by atoms with Crippen molar-refractivity contribution in [3.05, 3.63) is 36.6 Å². The first kappa shape index (κ1) is 31.8. The third kappa shape index (κ3) is 8.91. The van der Waals surface area contributed by atoms with Gasteiger partial charge in [-0.3, -0.25) is 14.4 Å². The molecule has 4 aliphatic rings. The Morgan fingerprint density at radius 2 is 1.00 bits per heavy atom. The van der Waals surface area contributed by atoms with Crippen molar-refractivity contribution in [1.82, 2.24) is 9.80 Å². The van der Waals surface area contributed by atoms with Crippen LogP contribution in [-0.4, -0.2) is 53.5 Å². The van der Waals surface area contributed by atoms with Gasteiger partial charge < -0.3 is 9.80 Å². The van der Waals surface area contributed by atoms with Gasteiger partial charge in [-0.05, 0) is 88.0 Å². The van der Waals surface area contributed by atoms with Crippen LogP contribution in [0.1, 0.15) is 110 Å². The maximum atomic E-state index is 13.2. The summed E-state index contributed by atoms with van der Waals surface area (Å²) in [6.07, 6.45) is 16.3. The Balaban J connectivity index is 1.17. The number of ketones is 2. The highest BCUT2D eigenvalue weighted by Gasteiger charge is 2.33. The van der Waals surface area contributed by atoms with E-state index in [0.717, 1.165) is 74.7 Å². The molecule has 0 N–H and O–H groups in total. The van der Waals surface area contributed by atoms with Crippen LogP contribution < -0.4 is 0 Å². The lowest BCUT2D eigenvalue weighted by Gasteiger charge is -2.37. The summed E-state index contributed by atoms with van der Waals surface area (Å²) in [5.74, 6) is 3.90. The Hall–Kier alpha value is -2.17. The van der Waals surface area contributed by atoms with Crippen molar-refractivity contribution >= 4 is 17.5 Å². The fourth-order valence-electron chi connectivity index (χ4n) is 8.39. The van der Waals surface area contributed by atoms with E-state index in [0.29, 0.717) is 42.1 Å². The molecule has 0 aromatic heterocycles. The van der Waals surface area contributed by atoms with Gasteiger partial charge in [0.05, 0.1) is 0 Å². The minimum atomic E-state index is 0.0339. The Morgan fingerprint density at radius 3 is 1.41 bits per heavy atom. The smallest absolute Gasteiger partial charge is 0.248 e. The molecule has 4 rings (SSSR count). The van der Waals surface area contributed by atoms with Gasteiger partial charge in [-0.15, -0.1) is 0 Å². The number of carbonyl (C=O) groups excluding carboxylic acids is 3. The molecule has 0 aromatic carbocycles. The molecule has 2 aliphatic heterocycles. The zero-order chi connectivity index (χ0) is 29.5. The molecule has 2 saturated heterocycles. The van der Waals surface area contributed by atoms with Gasteiger partial charge in [0.2, 0.25) is 5.91 Å². The van der Waals surface area contributed by atoms with Crippen molar-refractivity contribution in [2.45, 2.75) is 110 Å². The normalized spacial score (nSPS) is 28.2. The summed E-state index contributed by atoms with van der Waals surface area (Å²) in [6, 6.07) is 0. The van der Waals surface area contributed by atoms with Gasteiger partial charge in [-0.25, -0.2) is 0 Å². The number of nitrogens with zero attached hydrogens (tertiary/aromatic N) is 2. The lowest BCUT2D eigenvalue weighted by Crippen LogP contribution is -2.40. The van der Waals surface area contributed by atoms with Crippen LogP contribution in [0.25, 0.3) is 0 Å². The van der Waals surface area contributed by atoms with Gasteiger partial charge in [0.15, 0.2) is 0 Å². The number of piperidine rings is 2. The summed E-state index contributed by atoms with van der Waals surface area (Å²) < 4.78 is 0. The quantitative estimate of drug-likeness (QED) is 0.192. The Bertz CT molecular complexity index is 905. The number of hydrogen-bond acceptors (Lipinski definition) is 4. The predicted octanol–water partition coefficient (Wildman–Crippen LogP) is 7.52. The highest BCUT2D eigenvalue weighted by atomic mass is 16.2. The zero-order valence-corrected chi connectivity index (χ0v) is 26.1. The van der Waals surface area contributed by atoms with E-state index in [1.54, 1.807) is 6.92 Å². The van der Waals surface area contributed by atoms with Crippen LogP contribution in [0.2, 0.25) is 0 Å². The summed E-state index contributed by atoms with van der Waals surface area (Å²) in [7, 11) is 0. The molecule has 4 fully saturated rings. The van der Waals surface area contributed by atoms with Crippen molar-refractivity contribution < 1.29 is 14.4 Å². The highest BCUT2D eigenvalue weighted by Crippen LogP contribution is 2.41. The van der Waals surface area contributed by atoms with E-state index in [9.17, 15) is 14.4 Å².